The molecule has 3 aromatic carbocycles. The Kier molecular flexibility index (Phi) is 15.4. The second-order valence-electron chi connectivity index (χ2n) is 14.9. The summed E-state index contributed by atoms with van der Waals surface area (Å²) in [5.41, 5.74) is 13.4. The number of allylic oxidation sites excluding steroid dienone is 4. The van der Waals surface area contributed by atoms with Crippen LogP contribution < -0.4 is 0 Å². The topological polar surface area (TPSA) is 0 Å². The van der Waals surface area contributed by atoms with Crippen LogP contribution in [0.25, 0.3) is 11.1 Å². The zero-order chi connectivity index (χ0) is 32.6. The van der Waals surface area contributed by atoms with Gasteiger partial charge in [-0.15, -0.1) is 16.7 Å². The molecule has 238 valence electrons. The molecule has 0 amide bonds. The zero-order valence-electron chi connectivity index (χ0n) is 30.2. The Morgan fingerprint density at radius 3 is 1.80 bits per heavy atom. The summed E-state index contributed by atoms with van der Waals surface area (Å²) < 4.78 is 3.34. The first kappa shape index (κ1) is 39.9. The van der Waals surface area contributed by atoms with Crippen LogP contribution in [-0.2, 0) is 41.5 Å². The third-order valence-corrected chi connectivity index (χ3v) is 7.99. The van der Waals surface area contributed by atoms with Gasteiger partial charge in [-0.05, 0) is 35.4 Å². The monoisotopic (exact) mass is 664 g/mol. The molecule has 1 unspecified atom stereocenters. The number of fused-ring (bicyclic) bond motifs is 3. The first-order chi connectivity index (χ1) is 20.0. The van der Waals surface area contributed by atoms with E-state index in [2.05, 4.69) is 136 Å². The molecule has 1 heteroatoms. The van der Waals surface area contributed by atoms with E-state index in [0.29, 0.717) is 11.3 Å². The average molecular weight is 666 g/mol. The van der Waals surface area contributed by atoms with Crippen molar-refractivity contribution in [1.29, 1.82) is 0 Å². The second-order valence-corrected chi connectivity index (χ2v) is 14.9. The van der Waals surface area contributed by atoms with Crippen molar-refractivity contribution in [3.8, 4) is 11.1 Å². The van der Waals surface area contributed by atoms with Gasteiger partial charge in [0.05, 0.1) is 0 Å². The van der Waals surface area contributed by atoms with E-state index in [4.69, 9.17) is 0 Å². The molecule has 0 saturated carbocycles. The quantitative estimate of drug-likeness (QED) is 0.187. The maximum atomic E-state index is 3.69. The van der Waals surface area contributed by atoms with Crippen molar-refractivity contribution in [2.75, 3.05) is 0 Å². The van der Waals surface area contributed by atoms with Crippen LogP contribution in [0.15, 0.2) is 66.3 Å². The normalized spacial score (nSPS) is 14.7. The summed E-state index contributed by atoms with van der Waals surface area (Å²) in [6.07, 6.45) is 11.5. The second kappa shape index (κ2) is 17.0. The number of hydrogen-bond donors (Lipinski definition) is 0. The van der Waals surface area contributed by atoms with Crippen molar-refractivity contribution >= 4 is 4.21 Å². The van der Waals surface area contributed by atoms with E-state index in [-0.39, 0.29) is 18.3 Å². The van der Waals surface area contributed by atoms with E-state index >= 15 is 0 Å². The maximum absolute atomic E-state index is 3.69. The van der Waals surface area contributed by atoms with E-state index in [1.807, 2.05) is 30.3 Å². The standard InChI is InChI=1S/C23H29.C12H19.C6H5.CH3.CH2.Zr/c1-14-9-16-11-17-10-15(2)21(23(6,7)8)13-19(17)18(16)12-20(14)22(3,4)5;1-5-6-10-7-8-11(9-10)12(2,3)4;1-2-4-6-5-3-1;;;/h9,12-13H,11H2,1-8H3;8-10H,5-6H2,1-4H3;1-5H;1H3;1H2;/q4*-1;;. The fourth-order valence-corrected chi connectivity index (χ4v) is 5.82. The molecule has 0 spiro atoms. The van der Waals surface area contributed by atoms with Gasteiger partial charge in [0, 0.05) is 0 Å². The van der Waals surface area contributed by atoms with Gasteiger partial charge in [-0.1, -0.05) is 123 Å². The minimum atomic E-state index is 0. The molecule has 0 N–H and O–H groups in total. The molecule has 0 heterocycles. The molecule has 2 aliphatic rings. The van der Waals surface area contributed by atoms with Gasteiger partial charge in [0.15, 0.2) is 0 Å². The molecule has 0 nitrogen and oxygen atoms in total. The number of benzene rings is 3. The summed E-state index contributed by atoms with van der Waals surface area (Å²) in [5.74, 6) is 0.587. The Labute approximate surface area is 287 Å². The van der Waals surface area contributed by atoms with Gasteiger partial charge in [0.25, 0.3) is 0 Å². The predicted octanol–water partition coefficient (Wildman–Crippen LogP) is 11.9. The number of hydrogen-bond acceptors (Lipinski definition) is 0. The molecule has 44 heavy (non-hydrogen) atoms. The van der Waals surface area contributed by atoms with Crippen molar-refractivity contribution in [3.05, 3.63) is 125 Å². The van der Waals surface area contributed by atoms with Gasteiger partial charge in [-0.3, -0.25) is 6.08 Å². The first-order valence-electron chi connectivity index (χ1n) is 15.8. The van der Waals surface area contributed by atoms with Crippen LogP contribution in [0.1, 0.15) is 115 Å². The maximum Gasteiger partial charge on any atom is -0.171 e. The third-order valence-electron chi connectivity index (χ3n) is 7.99. The summed E-state index contributed by atoms with van der Waals surface area (Å²) in [6, 6.07) is 23.4. The van der Waals surface area contributed by atoms with Gasteiger partial charge in [-0.25, -0.2) is 6.08 Å². The molecule has 0 radical (unpaired) electrons. The third kappa shape index (κ3) is 11.1. The molecule has 0 saturated heterocycles. The minimum Gasteiger partial charge on any atom is -0.358 e. The molecule has 3 aromatic rings. The molecule has 2 aliphatic carbocycles. The zero-order valence-corrected chi connectivity index (χ0v) is 32.6. The molecule has 0 fully saturated rings. The largest absolute Gasteiger partial charge is 0.358 e. The van der Waals surface area contributed by atoms with Crippen molar-refractivity contribution in [2.24, 2.45) is 11.3 Å². The number of rotatable bonds is 2. The molecule has 0 aromatic heterocycles. The Hall–Kier alpha value is -2.11. The Balaban J connectivity index is 0.000000384. The van der Waals surface area contributed by atoms with E-state index in [1.165, 1.54) is 87.2 Å². The van der Waals surface area contributed by atoms with E-state index < -0.39 is 0 Å². The van der Waals surface area contributed by atoms with Crippen molar-refractivity contribution in [2.45, 2.75) is 113 Å². The summed E-state index contributed by atoms with van der Waals surface area (Å²) in [4.78, 5) is 0. The molecular formula is C43H58Zr-4. The Bertz CT molecular complexity index is 1290. The summed E-state index contributed by atoms with van der Waals surface area (Å²) >= 11 is 1.30. The number of aryl methyl sites for hydroxylation is 2. The van der Waals surface area contributed by atoms with Crippen LogP contribution >= 0.6 is 0 Å². The molecule has 0 bridgehead atoms. The molecular weight excluding hydrogens is 608 g/mol. The summed E-state index contributed by atoms with van der Waals surface area (Å²) in [5, 5.41) is 0. The van der Waals surface area contributed by atoms with Gasteiger partial charge in [-0.2, -0.15) is 65.7 Å². The van der Waals surface area contributed by atoms with Crippen molar-refractivity contribution < 1.29 is 24.2 Å². The van der Waals surface area contributed by atoms with Crippen LogP contribution in [0, 0.1) is 50.8 Å². The van der Waals surface area contributed by atoms with E-state index in [1.54, 1.807) is 0 Å². The van der Waals surface area contributed by atoms with Gasteiger partial charge in [0.2, 0.25) is 0 Å². The fourth-order valence-electron chi connectivity index (χ4n) is 5.82. The van der Waals surface area contributed by atoms with E-state index in [9.17, 15) is 0 Å². The summed E-state index contributed by atoms with van der Waals surface area (Å²) in [6.45, 7) is 27.2. The Morgan fingerprint density at radius 1 is 0.795 bits per heavy atom. The van der Waals surface area contributed by atoms with Crippen molar-refractivity contribution in [3.63, 3.8) is 0 Å². The van der Waals surface area contributed by atoms with Gasteiger partial charge in [0.1, 0.15) is 0 Å². The molecule has 0 aliphatic heterocycles. The molecule has 1 atom stereocenters. The predicted molar refractivity (Wildman–Crippen MR) is 193 cm³/mol. The smallest absolute Gasteiger partial charge is 0.171 e. The van der Waals surface area contributed by atoms with E-state index in [0.717, 1.165) is 6.42 Å². The molecule has 5 rings (SSSR count). The van der Waals surface area contributed by atoms with Crippen LogP contribution in [0.5, 0.6) is 0 Å². The van der Waals surface area contributed by atoms with Crippen LogP contribution in [0.2, 0.25) is 0 Å². The van der Waals surface area contributed by atoms with Gasteiger partial charge < -0.3 is 7.43 Å². The van der Waals surface area contributed by atoms with Crippen molar-refractivity contribution in [1.82, 2.24) is 0 Å². The SMILES string of the molecule is CCCC1[C-]=CC(C(C)(C)C)=C1.Cc1[c-]c2c(cc1C(C)(C)C)-c1cc(C(C)(C)C)c(C)cc1C2.[CH2]=[Zr].[CH3-].[c-]1ccccc1. The Morgan fingerprint density at radius 2 is 1.36 bits per heavy atom. The fraction of sp³-hybridized carbons (Fsp3) is 0.442. The average Bonchev–Trinajstić information content (AvgIpc) is 3.54. The van der Waals surface area contributed by atoms with Crippen LogP contribution in [0.3, 0.4) is 0 Å². The summed E-state index contributed by atoms with van der Waals surface area (Å²) in [7, 11) is 0. The van der Waals surface area contributed by atoms with Crippen LogP contribution in [0.4, 0.5) is 0 Å². The van der Waals surface area contributed by atoms with Gasteiger partial charge >= 0.3 is 28.4 Å². The minimum absolute atomic E-state index is 0. The van der Waals surface area contributed by atoms with Crippen LogP contribution in [-0.4, -0.2) is 4.21 Å². The first-order valence-corrected chi connectivity index (χ1v) is 17.5.